The third-order valence-electron chi connectivity index (χ3n) is 4.84. The van der Waals surface area contributed by atoms with Crippen LogP contribution in [0, 0.1) is 28.7 Å². The van der Waals surface area contributed by atoms with Gasteiger partial charge in [-0.25, -0.2) is 8.78 Å². The Morgan fingerprint density at radius 3 is 2.27 bits per heavy atom. The molecule has 0 aliphatic carbocycles. The van der Waals surface area contributed by atoms with Crippen molar-refractivity contribution in [2.75, 3.05) is 12.8 Å². The van der Waals surface area contributed by atoms with Crippen molar-refractivity contribution in [1.29, 1.82) is 0 Å². The van der Waals surface area contributed by atoms with Gasteiger partial charge in [0.1, 0.15) is 11.6 Å². The SMILES string of the molecule is CCCCc1c(F)cc(F)cc1Cc1ccccc1N.CN.Cc1ccc([N+](=O)[O-])cc1Cl. The molecule has 5 nitrogen and oxygen atoms in total. The molecular weight excluding hydrogens is 448 g/mol. The molecule has 0 radical (unpaired) electrons. The molecule has 0 fully saturated rings. The smallest absolute Gasteiger partial charge is 0.270 e. The molecule has 178 valence electrons. The van der Waals surface area contributed by atoms with E-state index in [0.29, 0.717) is 34.7 Å². The Hall–Kier alpha value is -3.03. The van der Waals surface area contributed by atoms with Gasteiger partial charge in [-0.3, -0.25) is 10.1 Å². The number of aryl methyl sites for hydroxylation is 1. The van der Waals surface area contributed by atoms with E-state index < -0.39 is 16.6 Å². The number of hydrogen-bond acceptors (Lipinski definition) is 4. The molecule has 0 aliphatic heterocycles. The highest BCUT2D eigenvalue weighted by atomic mass is 35.5. The lowest BCUT2D eigenvalue weighted by Gasteiger charge is -2.12. The number of hydrogen-bond donors (Lipinski definition) is 2. The van der Waals surface area contributed by atoms with E-state index in [4.69, 9.17) is 17.3 Å². The first kappa shape index (κ1) is 28.0. The number of nitrogens with zero attached hydrogens (tertiary/aromatic N) is 1. The first-order valence-corrected chi connectivity index (χ1v) is 10.9. The highest BCUT2D eigenvalue weighted by Gasteiger charge is 2.12. The molecule has 4 N–H and O–H groups in total. The molecule has 8 heteroatoms. The lowest BCUT2D eigenvalue weighted by atomic mass is 9.95. The van der Waals surface area contributed by atoms with Gasteiger partial charge < -0.3 is 11.5 Å². The van der Waals surface area contributed by atoms with Gasteiger partial charge in [0.25, 0.3) is 5.69 Å². The molecular formula is C25H30ClF2N3O2. The Morgan fingerprint density at radius 2 is 1.70 bits per heavy atom. The van der Waals surface area contributed by atoms with Crippen LogP contribution >= 0.6 is 11.6 Å². The van der Waals surface area contributed by atoms with Crippen LogP contribution in [-0.4, -0.2) is 12.0 Å². The number of nitro benzene ring substituents is 1. The van der Waals surface area contributed by atoms with Gasteiger partial charge in [0.15, 0.2) is 0 Å². The normalized spacial score (nSPS) is 9.91. The second-order valence-corrected chi connectivity index (χ2v) is 7.60. The van der Waals surface area contributed by atoms with E-state index in [-0.39, 0.29) is 5.69 Å². The molecule has 0 amide bonds. The molecule has 0 atom stereocenters. The topological polar surface area (TPSA) is 95.2 Å². The van der Waals surface area contributed by atoms with E-state index in [9.17, 15) is 18.9 Å². The number of para-hydroxylation sites is 1. The number of nitrogen functional groups attached to an aromatic ring is 1. The third kappa shape index (κ3) is 8.79. The second-order valence-electron chi connectivity index (χ2n) is 7.20. The van der Waals surface area contributed by atoms with Crippen LogP contribution in [0.5, 0.6) is 0 Å². The summed E-state index contributed by atoms with van der Waals surface area (Å²) >= 11 is 5.65. The zero-order valence-corrected chi connectivity index (χ0v) is 19.8. The van der Waals surface area contributed by atoms with Crippen molar-refractivity contribution < 1.29 is 13.7 Å². The van der Waals surface area contributed by atoms with Gasteiger partial charge >= 0.3 is 0 Å². The van der Waals surface area contributed by atoms with Gasteiger partial charge in [0.2, 0.25) is 0 Å². The van der Waals surface area contributed by atoms with E-state index in [0.717, 1.165) is 30.0 Å². The molecule has 0 aromatic heterocycles. The first-order chi connectivity index (χ1) is 15.7. The Morgan fingerprint density at radius 1 is 1.03 bits per heavy atom. The molecule has 33 heavy (non-hydrogen) atoms. The Balaban J connectivity index is 0.000000354. The average Bonchev–Trinajstić information content (AvgIpc) is 2.78. The Kier molecular flexibility index (Phi) is 12.0. The average molecular weight is 478 g/mol. The van der Waals surface area contributed by atoms with Crippen molar-refractivity contribution in [3.8, 4) is 0 Å². The molecule has 0 saturated carbocycles. The molecule has 3 aromatic carbocycles. The molecule has 0 heterocycles. The quantitative estimate of drug-likeness (QED) is 0.237. The van der Waals surface area contributed by atoms with E-state index in [1.165, 1.54) is 25.2 Å². The maximum atomic E-state index is 14.0. The molecule has 3 aromatic rings. The summed E-state index contributed by atoms with van der Waals surface area (Å²) in [5.41, 5.74) is 14.1. The second kappa shape index (κ2) is 14.2. The number of rotatable bonds is 6. The largest absolute Gasteiger partial charge is 0.398 e. The molecule has 0 bridgehead atoms. The predicted molar refractivity (Wildman–Crippen MR) is 132 cm³/mol. The maximum Gasteiger partial charge on any atom is 0.270 e. The summed E-state index contributed by atoms with van der Waals surface area (Å²) in [4.78, 5) is 9.74. The van der Waals surface area contributed by atoms with E-state index in [1.54, 1.807) is 19.1 Å². The molecule has 0 unspecified atom stereocenters. The zero-order chi connectivity index (χ0) is 25.0. The zero-order valence-electron chi connectivity index (χ0n) is 19.1. The fourth-order valence-electron chi connectivity index (χ4n) is 3.04. The standard InChI is InChI=1S/C17H19F2N.C7H6ClNO2.CH5N/c1-2-3-7-15-13(10-14(18)11-16(15)19)9-12-6-4-5-8-17(12)20;1-5-2-3-6(9(10)11)4-7(5)8;1-2/h4-6,8,10-11H,2-3,7,9,20H2,1H3;2-4H,1H3;2H2,1H3. The van der Waals surface area contributed by atoms with Crippen molar-refractivity contribution in [3.05, 3.63) is 104 Å². The van der Waals surface area contributed by atoms with Gasteiger partial charge in [-0.15, -0.1) is 0 Å². The maximum absolute atomic E-state index is 14.0. The third-order valence-corrected chi connectivity index (χ3v) is 5.24. The molecule has 0 saturated heterocycles. The summed E-state index contributed by atoms with van der Waals surface area (Å²) in [6.45, 7) is 3.85. The number of nitro groups is 1. The number of anilines is 1. The van der Waals surface area contributed by atoms with Crippen LogP contribution in [0.3, 0.4) is 0 Å². The highest BCUT2D eigenvalue weighted by Crippen LogP contribution is 2.24. The van der Waals surface area contributed by atoms with E-state index in [1.807, 2.05) is 18.2 Å². The van der Waals surface area contributed by atoms with Crippen LogP contribution in [-0.2, 0) is 12.8 Å². The van der Waals surface area contributed by atoms with E-state index in [2.05, 4.69) is 12.7 Å². The van der Waals surface area contributed by atoms with Crippen molar-refractivity contribution in [1.82, 2.24) is 0 Å². The van der Waals surface area contributed by atoms with Crippen LogP contribution in [0.15, 0.2) is 54.6 Å². The summed E-state index contributed by atoms with van der Waals surface area (Å²) < 4.78 is 27.4. The van der Waals surface area contributed by atoms with Crippen molar-refractivity contribution in [2.45, 2.75) is 39.5 Å². The van der Waals surface area contributed by atoms with Crippen molar-refractivity contribution in [3.63, 3.8) is 0 Å². The van der Waals surface area contributed by atoms with Gasteiger partial charge in [-0.2, -0.15) is 0 Å². The number of halogens is 3. The monoisotopic (exact) mass is 477 g/mol. The number of benzene rings is 3. The minimum Gasteiger partial charge on any atom is -0.398 e. The Labute approximate surface area is 198 Å². The molecule has 0 aliphatic rings. The highest BCUT2D eigenvalue weighted by molar-refractivity contribution is 6.31. The van der Waals surface area contributed by atoms with Gasteiger partial charge in [-0.05, 0) is 67.6 Å². The fourth-order valence-corrected chi connectivity index (χ4v) is 3.22. The van der Waals surface area contributed by atoms with Gasteiger partial charge in [0, 0.05) is 23.9 Å². The van der Waals surface area contributed by atoms with Crippen molar-refractivity contribution in [2.24, 2.45) is 5.73 Å². The van der Waals surface area contributed by atoms with Crippen LogP contribution in [0.25, 0.3) is 0 Å². The Bertz CT molecular complexity index is 1060. The summed E-state index contributed by atoms with van der Waals surface area (Å²) in [5, 5.41) is 10.6. The summed E-state index contributed by atoms with van der Waals surface area (Å²) in [6.07, 6.45) is 2.95. The summed E-state index contributed by atoms with van der Waals surface area (Å²) in [6, 6.07) is 14.2. The van der Waals surface area contributed by atoms with Crippen LogP contribution < -0.4 is 11.5 Å². The van der Waals surface area contributed by atoms with Crippen LogP contribution in [0.2, 0.25) is 5.02 Å². The predicted octanol–water partition coefficient (Wildman–Crippen LogP) is 6.61. The van der Waals surface area contributed by atoms with E-state index >= 15 is 0 Å². The first-order valence-electron chi connectivity index (χ1n) is 10.5. The number of unbranched alkanes of at least 4 members (excludes halogenated alkanes) is 1. The molecule has 0 spiro atoms. The van der Waals surface area contributed by atoms with Crippen LogP contribution in [0.4, 0.5) is 20.2 Å². The van der Waals surface area contributed by atoms with Crippen LogP contribution in [0.1, 0.15) is 42.0 Å². The molecule has 3 rings (SSSR count). The minimum atomic E-state index is -0.535. The lowest BCUT2D eigenvalue weighted by Crippen LogP contribution is -2.03. The number of nitrogens with two attached hydrogens (primary N) is 2. The number of non-ortho nitro benzene ring substituents is 1. The van der Waals surface area contributed by atoms with Gasteiger partial charge in [0.05, 0.1) is 9.95 Å². The lowest BCUT2D eigenvalue weighted by molar-refractivity contribution is -0.384. The fraction of sp³-hybridized carbons (Fsp3) is 0.280. The van der Waals surface area contributed by atoms with Gasteiger partial charge in [-0.1, -0.05) is 49.2 Å². The minimum absolute atomic E-state index is 0.0283. The van der Waals surface area contributed by atoms with Crippen molar-refractivity contribution >= 4 is 23.0 Å². The summed E-state index contributed by atoms with van der Waals surface area (Å²) in [7, 11) is 1.50. The summed E-state index contributed by atoms with van der Waals surface area (Å²) in [5.74, 6) is -0.991.